The summed E-state index contributed by atoms with van der Waals surface area (Å²) in [6.45, 7) is 0. The van der Waals surface area contributed by atoms with E-state index in [9.17, 15) is 0 Å². The molecule has 0 aromatic carbocycles. The molecule has 1 aromatic heterocycles. The number of aromatic nitrogens is 1. The van der Waals surface area contributed by atoms with Gasteiger partial charge in [0.25, 0.3) is 0 Å². The van der Waals surface area contributed by atoms with Crippen molar-refractivity contribution in [1.82, 2.24) is 4.98 Å². The Morgan fingerprint density at radius 3 is 2.24 bits per heavy atom. The Kier molecular flexibility index (Phi) is 2.40. The molecule has 92 valence electrons. The molecule has 0 atom stereocenters. The maximum Gasteiger partial charge on any atom is 0.137 e. The highest BCUT2D eigenvalue weighted by atomic mass is 16.5. The lowest BCUT2D eigenvalue weighted by Gasteiger charge is -2.51. The number of fused-ring (bicyclic) bond motifs is 3. The molecular formula is C14H20N2O. The van der Waals surface area contributed by atoms with E-state index in [0.717, 1.165) is 25.0 Å². The second kappa shape index (κ2) is 3.70. The van der Waals surface area contributed by atoms with Crippen molar-refractivity contribution in [3.63, 3.8) is 0 Å². The van der Waals surface area contributed by atoms with Gasteiger partial charge in [-0.25, -0.2) is 0 Å². The zero-order valence-corrected chi connectivity index (χ0v) is 10.4. The summed E-state index contributed by atoms with van der Waals surface area (Å²) < 4.78 is 5.17. The molecule has 2 N–H and O–H groups in total. The summed E-state index contributed by atoms with van der Waals surface area (Å²) in [4.78, 5) is 4.60. The third kappa shape index (κ3) is 1.73. The van der Waals surface area contributed by atoms with Crippen LogP contribution in [0.5, 0.6) is 5.75 Å². The first-order valence-electron chi connectivity index (χ1n) is 6.45. The maximum absolute atomic E-state index is 6.34. The highest BCUT2D eigenvalue weighted by Gasteiger charge is 2.48. The van der Waals surface area contributed by atoms with Crippen LogP contribution in [0.3, 0.4) is 0 Å². The fourth-order valence-corrected chi connectivity index (χ4v) is 3.41. The third-order valence-electron chi connectivity index (χ3n) is 4.82. The minimum atomic E-state index is 0.133. The van der Waals surface area contributed by atoms with Crippen LogP contribution in [0.25, 0.3) is 0 Å². The molecule has 3 heteroatoms. The number of hydrogen-bond donors (Lipinski definition) is 1. The van der Waals surface area contributed by atoms with Gasteiger partial charge in [0.2, 0.25) is 0 Å². The van der Waals surface area contributed by atoms with E-state index < -0.39 is 0 Å². The molecular weight excluding hydrogens is 212 g/mol. The molecule has 0 unspecified atom stereocenters. The van der Waals surface area contributed by atoms with Crippen molar-refractivity contribution in [2.45, 2.75) is 49.5 Å². The lowest BCUT2D eigenvalue weighted by atomic mass is 9.56. The van der Waals surface area contributed by atoms with Gasteiger partial charge in [-0.2, -0.15) is 0 Å². The topological polar surface area (TPSA) is 48.1 Å². The summed E-state index contributed by atoms with van der Waals surface area (Å²) in [5.74, 6) is 0.838. The minimum Gasteiger partial charge on any atom is -0.495 e. The number of rotatable bonds is 2. The Morgan fingerprint density at radius 1 is 1.12 bits per heavy atom. The monoisotopic (exact) mass is 232 g/mol. The first-order chi connectivity index (χ1) is 8.16. The fourth-order valence-electron chi connectivity index (χ4n) is 3.41. The van der Waals surface area contributed by atoms with Crippen molar-refractivity contribution < 1.29 is 4.74 Å². The van der Waals surface area contributed by atoms with Gasteiger partial charge in [-0.05, 0) is 50.7 Å². The van der Waals surface area contributed by atoms with Crippen molar-refractivity contribution in [3.8, 4) is 5.75 Å². The van der Waals surface area contributed by atoms with Crippen LogP contribution in [-0.2, 0) is 5.41 Å². The largest absolute Gasteiger partial charge is 0.495 e. The van der Waals surface area contributed by atoms with Crippen LogP contribution < -0.4 is 10.5 Å². The van der Waals surface area contributed by atoms with Crippen LogP contribution in [0.15, 0.2) is 18.3 Å². The average Bonchev–Trinajstić information content (AvgIpc) is 2.40. The minimum absolute atomic E-state index is 0.133. The molecule has 4 rings (SSSR count). The van der Waals surface area contributed by atoms with Gasteiger partial charge in [-0.1, -0.05) is 0 Å². The molecule has 1 aromatic rings. The fraction of sp³-hybridized carbons (Fsp3) is 0.643. The molecule has 3 aliphatic rings. The first-order valence-corrected chi connectivity index (χ1v) is 6.45. The molecule has 3 saturated carbocycles. The van der Waals surface area contributed by atoms with Crippen molar-refractivity contribution in [2.75, 3.05) is 7.11 Å². The Morgan fingerprint density at radius 2 is 1.76 bits per heavy atom. The summed E-state index contributed by atoms with van der Waals surface area (Å²) >= 11 is 0. The lowest BCUT2D eigenvalue weighted by Crippen LogP contribution is -2.53. The van der Waals surface area contributed by atoms with E-state index in [0.29, 0.717) is 5.41 Å². The molecule has 3 aliphatic carbocycles. The van der Waals surface area contributed by atoms with E-state index in [1.807, 2.05) is 12.3 Å². The zero-order chi connectivity index (χ0) is 11.9. The number of hydrogen-bond acceptors (Lipinski definition) is 3. The Bertz CT molecular complexity index is 388. The van der Waals surface area contributed by atoms with Gasteiger partial charge >= 0.3 is 0 Å². The van der Waals surface area contributed by atoms with E-state index in [4.69, 9.17) is 10.5 Å². The smallest absolute Gasteiger partial charge is 0.137 e. The van der Waals surface area contributed by atoms with Crippen LogP contribution >= 0.6 is 0 Å². The van der Waals surface area contributed by atoms with Crippen LogP contribution in [0.2, 0.25) is 0 Å². The Balaban J connectivity index is 1.88. The normalized spacial score (nSPS) is 35.9. The van der Waals surface area contributed by atoms with Crippen LogP contribution in [-0.4, -0.2) is 17.6 Å². The predicted molar refractivity (Wildman–Crippen MR) is 67.1 cm³/mol. The molecule has 1 heterocycles. The molecule has 0 radical (unpaired) electrons. The second-order valence-electron chi connectivity index (χ2n) is 5.73. The predicted octanol–water partition coefficient (Wildman–Crippen LogP) is 2.39. The van der Waals surface area contributed by atoms with E-state index in [2.05, 4.69) is 11.1 Å². The molecule has 3 fully saturated rings. The van der Waals surface area contributed by atoms with Crippen molar-refractivity contribution >= 4 is 0 Å². The highest BCUT2D eigenvalue weighted by Crippen LogP contribution is 2.52. The molecule has 3 nitrogen and oxygen atoms in total. The SMILES string of the molecule is COc1ccc(C23CCC(N)(CC2)CC3)nc1. The van der Waals surface area contributed by atoms with Crippen molar-refractivity contribution in [2.24, 2.45) is 5.73 Å². The van der Waals surface area contributed by atoms with Gasteiger partial charge < -0.3 is 10.5 Å². The number of ether oxygens (including phenoxy) is 1. The van der Waals surface area contributed by atoms with Gasteiger partial charge in [-0.15, -0.1) is 0 Å². The molecule has 2 bridgehead atoms. The van der Waals surface area contributed by atoms with E-state index >= 15 is 0 Å². The standard InChI is InChI=1S/C14H20N2O/c1-17-11-2-3-12(16-10-11)13-4-7-14(15,8-5-13)9-6-13/h2-3,10H,4-9,15H2,1H3. The van der Waals surface area contributed by atoms with E-state index in [1.54, 1.807) is 7.11 Å². The van der Waals surface area contributed by atoms with Gasteiger partial charge in [0.05, 0.1) is 13.3 Å². The van der Waals surface area contributed by atoms with Gasteiger partial charge in [-0.3, -0.25) is 4.98 Å². The maximum atomic E-state index is 6.34. The summed E-state index contributed by atoms with van der Waals surface area (Å²) in [6.07, 6.45) is 8.89. The zero-order valence-electron chi connectivity index (χ0n) is 10.4. The number of methoxy groups -OCH3 is 1. The van der Waals surface area contributed by atoms with Gasteiger partial charge in [0.15, 0.2) is 0 Å². The van der Waals surface area contributed by atoms with Crippen LogP contribution in [0.1, 0.15) is 44.2 Å². The Labute approximate surface area is 102 Å². The van der Waals surface area contributed by atoms with Crippen LogP contribution in [0, 0.1) is 0 Å². The molecule has 0 aliphatic heterocycles. The molecule has 17 heavy (non-hydrogen) atoms. The quantitative estimate of drug-likeness (QED) is 0.851. The number of nitrogens with zero attached hydrogens (tertiary/aromatic N) is 1. The number of nitrogens with two attached hydrogens (primary N) is 1. The van der Waals surface area contributed by atoms with Crippen LogP contribution in [0.4, 0.5) is 0 Å². The summed E-state index contributed by atoms with van der Waals surface area (Å²) in [5, 5.41) is 0. The van der Waals surface area contributed by atoms with Gasteiger partial charge in [0.1, 0.15) is 5.75 Å². The van der Waals surface area contributed by atoms with E-state index in [-0.39, 0.29) is 5.54 Å². The molecule has 0 amide bonds. The second-order valence-corrected chi connectivity index (χ2v) is 5.73. The summed E-state index contributed by atoms with van der Waals surface area (Å²) in [7, 11) is 1.68. The van der Waals surface area contributed by atoms with Gasteiger partial charge in [0, 0.05) is 16.6 Å². The number of pyridine rings is 1. The average molecular weight is 232 g/mol. The summed E-state index contributed by atoms with van der Waals surface area (Å²) in [5.41, 5.74) is 8.01. The van der Waals surface area contributed by atoms with E-state index in [1.165, 1.54) is 25.0 Å². The molecule has 0 spiro atoms. The van der Waals surface area contributed by atoms with Crippen molar-refractivity contribution in [1.29, 1.82) is 0 Å². The third-order valence-corrected chi connectivity index (χ3v) is 4.82. The molecule has 0 saturated heterocycles. The first kappa shape index (κ1) is 11.0. The summed E-state index contributed by atoms with van der Waals surface area (Å²) in [6, 6.07) is 4.16. The van der Waals surface area contributed by atoms with Crippen molar-refractivity contribution in [3.05, 3.63) is 24.0 Å². The highest BCUT2D eigenvalue weighted by molar-refractivity contribution is 5.27. The Hall–Kier alpha value is -1.09. The lowest BCUT2D eigenvalue weighted by molar-refractivity contribution is 0.104.